The highest BCUT2D eigenvalue weighted by molar-refractivity contribution is 6.23. The summed E-state index contributed by atoms with van der Waals surface area (Å²) in [7, 11) is 0. The molecule has 286 valence electrons. The number of para-hydroxylation sites is 2. The van der Waals surface area contributed by atoms with Crippen LogP contribution in [0.25, 0.3) is 43.7 Å². The van der Waals surface area contributed by atoms with Crippen molar-refractivity contribution in [2.75, 3.05) is 10.2 Å². The van der Waals surface area contributed by atoms with Crippen LogP contribution in [0.1, 0.15) is 63.8 Å². The van der Waals surface area contributed by atoms with Gasteiger partial charge in [-0.15, -0.1) is 0 Å². The molecule has 9 aromatic rings. The number of rotatable bonds is 8. The van der Waals surface area contributed by atoms with Crippen molar-refractivity contribution in [3.63, 3.8) is 0 Å². The first-order valence-corrected chi connectivity index (χ1v) is 20.0. The zero-order chi connectivity index (χ0) is 40.2. The zero-order valence-corrected chi connectivity index (χ0v) is 33.9. The molecule has 0 saturated heterocycles. The van der Waals surface area contributed by atoms with E-state index in [0.717, 1.165) is 72.5 Å². The van der Waals surface area contributed by atoms with Gasteiger partial charge in [0.2, 0.25) is 0 Å². The number of benzene rings is 6. The van der Waals surface area contributed by atoms with Crippen molar-refractivity contribution in [1.29, 1.82) is 5.41 Å². The fourth-order valence-corrected chi connectivity index (χ4v) is 7.88. The third kappa shape index (κ3) is 6.81. The van der Waals surface area contributed by atoms with Crippen LogP contribution >= 0.6 is 0 Å². The molecule has 0 saturated carbocycles. The smallest absolute Gasteiger partial charge is 0.141 e. The van der Waals surface area contributed by atoms with E-state index in [1.165, 1.54) is 16.5 Å². The number of fused-ring (bicyclic) bond motifs is 4. The molecule has 9 rings (SSSR count). The lowest BCUT2D eigenvalue weighted by atomic mass is 9.83. The van der Waals surface area contributed by atoms with E-state index >= 15 is 0 Å². The number of aromatic nitrogens is 3. The van der Waals surface area contributed by atoms with Crippen LogP contribution in [-0.4, -0.2) is 20.7 Å². The van der Waals surface area contributed by atoms with Gasteiger partial charge in [-0.1, -0.05) is 139 Å². The highest BCUT2D eigenvalue weighted by Crippen LogP contribution is 2.41. The molecule has 0 spiro atoms. The van der Waals surface area contributed by atoms with Crippen LogP contribution in [0.4, 0.5) is 28.8 Å². The van der Waals surface area contributed by atoms with Crippen molar-refractivity contribution in [3.8, 4) is 11.1 Å². The van der Waals surface area contributed by atoms with Gasteiger partial charge in [0.05, 0.1) is 11.2 Å². The molecular formula is C52H48N6. The number of H-pyrrole nitrogens is 2. The summed E-state index contributed by atoms with van der Waals surface area (Å²) in [6.07, 6.45) is 2.05. The van der Waals surface area contributed by atoms with Crippen molar-refractivity contribution in [3.05, 3.63) is 180 Å². The Bertz CT molecular complexity index is 2960. The first kappa shape index (κ1) is 36.7. The van der Waals surface area contributed by atoms with E-state index in [-0.39, 0.29) is 10.8 Å². The molecule has 0 fully saturated rings. The number of anilines is 5. The van der Waals surface area contributed by atoms with Crippen molar-refractivity contribution < 1.29 is 0 Å². The molecule has 6 heteroatoms. The molecule has 0 atom stereocenters. The Morgan fingerprint density at radius 2 is 1.28 bits per heavy atom. The fourth-order valence-electron chi connectivity index (χ4n) is 7.88. The van der Waals surface area contributed by atoms with E-state index in [0.29, 0.717) is 11.5 Å². The third-order valence-electron chi connectivity index (χ3n) is 11.1. The van der Waals surface area contributed by atoms with Crippen LogP contribution in [0.3, 0.4) is 0 Å². The highest BCUT2D eigenvalue weighted by atomic mass is 15.3. The van der Waals surface area contributed by atoms with Crippen molar-refractivity contribution in [2.45, 2.75) is 52.4 Å². The standard InChI is InChI=1S/C52H48N6/c1-51(2,3)36-25-26-45-41(29-36)42-30-37(52(4,5)6)31-43(49(42)56-45)48(53)40-23-15-16-24-44(40)55-46-27-35(33-17-9-7-10-18-33)28-47(57-46)58(38-20-11-8-12-21-38)50-39-22-14-13-19-34(39)32-54-50/h7-32,53-54,56H,1-6H3,(H,55,57). The van der Waals surface area contributed by atoms with Gasteiger partial charge in [0.1, 0.15) is 17.5 Å². The first-order chi connectivity index (χ1) is 27.9. The molecule has 6 nitrogen and oxygen atoms in total. The van der Waals surface area contributed by atoms with Gasteiger partial charge in [-0.05, 0) is 87.7 Å². The number of hydrogen-bond acceptors (Lipinski definition) is 4. The fraction of sp³-hybridized carbons (Fsp3) is 0.154. The van der Waals surface area contributed by atoms with Gasteiger partial charge in [-0.2, -0.15) is 0 Å². The van der Waals surface area contributed by atoms with Crippen LogP contribution < -0.4 is 10.2 Å². The molecule has 0 bridgehead atoms. The molecule has 0 aliphatic rings. The quantitative estimate of drug-likeness (QED) is 0.117. The van der Waals surface area contributed by atoms with Crippen LogP contribution in [0, 0.1) is 5.41 Å². The topological polar surface area (TPSA) is 83.6 Å². The minimum absolute atomic E-state index is 0.0125. The minimum Gasteiger partial charge on any atom is -0.354 e. The average molecular weight is 757 g/mol. The summed E-state index contributed by atoms with van der Waals surface area (Å²) < 4.78 is 0. The summed E-state index contributed by atoms with van der Waals surface area (Å²) in [4.78, 5) is 14.8. The first-order valence-electron chi connectivity index (χ1n) is 20.0. The molecule has 0 unspecified atom stereocenters. The Labute approximate surface area is 340 Å². The van der Waals surface area contributed by atoms with Gasteiger partial charge < -0.3 is 15.3 Å². The summed E-state index contributed by atoms with van der Waals surface area (Å²) in [6, 6.07) is 52.7. The van der Waals surface area contributed by atoms with Crippen LogP contribution in [0.2, 0.25) is 0 Å². The minimum atomic E-state index is -0.125. The summed E-state index contributed by atoms with van der Waals surface area (Å²) in [5.41, 5.74) is 10.4. The van der Waals surface area contributed by atoms with Crippen LogP contribution in [-0.2, 0) is 10.8 Å². The second-order valence-corrected chi connectivity index (χ2v) is 17.2. The highest BCUT2D eigenvalue weighted by Gasteiger charge is 2.24. The van der Waals surface area contributed by atoms with E-state index in [1.54, 1.807) is 0 Å². The lowest BCUT2D eigenvalue weighted by Crippen LogP contribution is -2.14. The van der Waals surface area contributed by atoms with E-state index in [4.69, 9.17) is 4.98 Å². The summed E-state index contributed by atoms with van der Waals surface area (Å²) in [5.74, 6) is 2.35. The van der Waals surface area contributed by atoms with Gasteiger partial charge in [0.15, 0.2) is 0 Å². The van der Waals surface area contributed by atoms with E-state index in [2.05, 4.69) is 177 Å². The van der Waals surface area contributed by atoms with Gasteiger partial charge in [0, 0.05) is 55.8 Å². The second kappa shape index (κ2) is 14.2. The second-order valence-electron chi connectivity index (χ2n) is 17.2. The Morgan fingerprint density at radius 1 is 0.603 bits per heavy atom. The molecule has 3 aromatic heterocycles. The van der Waals surface area contributed by atoms with Gasteiger partial charge >= 0.3 is 0 Å². The van der Waals surface area contributed by atoms with E-state index in [1.807, 2.05) is 42.6 Å². The number of aromatic amines is 2. The molecular weight excluding hydrogens is 709 g/mol. The lowest BCUT2D eigenvalue weighted by molar-refractivity contribution is 0.590. The van der Waals surface area contributed by atoms with Crippen molar-refractivity contribution in [1.82, 2.24) is 15.0 Å². The molecule has 6 aromatic carbocycles. The van der Waals surface area contributed by atoms with Gasteiger partial charge in [0.25, 0.3) is 0 Å². The molecule has 0 amide bonds. The lowest BCUT2D eigenvalue weighted by Gasteiger charge is -2.25. The zero-order valence-electron chi connectivity index (χ0n) is 33.9. The SMILES string of the molecule is CC(C)(C)c1ccc2[nH]c3c(C(=N)c4ccccc4Nc4cc(-c5ccccc5)cc(N(c5ccccc5)c5[nH]cc6ccccc56)n4)cc(C(C)(C)C)cc3c2c1. The van der Waals surface area contributed by atoms with Crippen molar-refractivity contribution in [2.24, 2.45) is 0 Å². The molecule has 0 radical (unpaired) electrons. The van der Waals surface area contributed by atoms with Crippen LogP contribution in [0.15, 0.2) is 158 Å². The number of nitrogens with one attached hydrogen (secondary N) is 4. The summed E-state index contributed by atoms with van der Waals surface area (Å²) >= 11 is 0. The number of nitrogens with zero attached hydrogens (tertiary/aromatic N) is 2. The molecule has 58 heavy (non-hydrogen) atoms. The Kier molecular flexibility index (Phi) is 9.00. The Morgan fingerprint density at radius 3 is 2.03 bits per heavy atom. The predicted molar refractivity (Wildman–Crippen MR) is 245 cm³/mol. The monoisotopic (exact) mass is 756 g/mol. The predicted octanol–water partition coefficient (Wildman–Crippen LogP) is 14.1. The third-order valence-corrected chi connectivity index (χ3v) is 11.1. The number of hydrogen-bond donors (Lipinski definition) is 4. The largest absolute Gasteiger partial charge is 0.354 e. The molecule has 0 aliphatic carbocycles. The maximum absolute atomic E-state index is 9.95. The van der Waals surface area contributed by atoms with E-state index in [9.17, 15) is 5.41 Å². The Hall–Kier alpha value is -6.92. The molecule has 0 aliphatic heterocycles. The normalized spacial score (nSPS) is 12.0. The Balaban J connectivity index is 1.19. The van der Waals surface area contributed by atoms with Gasteiger partial charge in [-0.3, -0.25) is 10.3 Å². The van der Waals surface area contributed by atoms with E-state index < -0.39 is 0 Å². The summed E-state index contributed by atoms with van der Waals surface area (Å²) in [5, 5.41) is 18.2. The average Bonchev–Trinajstić information content (AvgIpc) is 3.82. The summed E-state index contributed by atoms with van der Waals surface area (Å²) in [6.45, 7) is 13.5. The van der Waals surface area contributed by atoms with Crippen molar-refractivity contribution >= 4 is 67.1 Å². The number of pyridine rings is 1. The maximum Gasteiger partial charge on any atom is 0.141 e. The van der Waals surface area contributed by atoms with Crippen LogP contribution in [0.5, 0.6) is 0 Å². The van der Waals surface area contributed by atoms with Gasteiger partial charge in [-0.25, -0.2) is 4.98 Å². The molecule has 4 N–H and O–H groups in total. The molecule has 3 heterocycles. The maximum atomic E-state index is 9.95.